The number of hydrogen-bond acceptors (Lipinski definition) is 2. The van der Waals surface area contributed by atoms with Gasteiger partial charge in [0.2, 0.25) is 0 Å². The number of nitrogens with two attached hydrogens (primary N) is 1. The molecule has 0 heterocycles. The number of rotatable bonds is 2. The molecule has 0 unspecified atom stereocenters. The number of benzene rings is 2. The third-order valence-electron chi connectivity index (χ3n) is 2.35. The van der Waals surface area contributed by atoms with Crippen molar-refractivity contribution >= 4 is 10.8 Å². The third kappa shape index (κ3) is 1.56. The first-order valence-corrected chi connectivity index (χ1v) is 4.60. The molecule has 2 rings (SSSR count). The summed E-state index contributed by atoms with van der Waals surface area (Å²) < 4.78 is 5.15. The molecule has 0 aromatic heterocycles. The van der Waals surface area contributed by atoms with Crippen LogP contribution >= 0.6 is 0 Å². The summed E-state index contributed by atoms with van der Waals surface area (Å²) in [6.45, 7) is 0.585. The molecule has 0 bridgehead atoms. The summed E-state index contributed by atoms with van der Waals surface area (Å²) >= 11 is 0. The lowest BCUT2D eigenvalue weighted by Gasteiger charge is -2.03. The molecule has 0 radical (unpaired) electrons. The minimum absolute atomic E-state index is 0.585. The van der Waals surface area contributed by atoms with Crippen LogP contribution in [0.2, 0.25) is 0 Å². The van der Waals surface area contributed by atoms with Gasteiger partial charge in [0.1, 0.15) is 5.75 Å². The van der Waals surface area contributed by atoms with Gasteiger partial charge >= 0.3 is 0 Å². The molecule has 0 fully saturated rings. The first kappa shape index (κ1) is 9.03. The highest BCUT2D eigenvalue weighted by atomic mass is 16.5. The van der Waals surface area contributed by atoms with Crippen LogP contribution in [0.25, 0.3) is 10.8 Å². The lowest BCUT2D eigenvalue weighted by molar-refractivity contribution is 0.415. The first-order chi connectivity index (χ1) is 6.83. The highest BCUT2D eigenvalue weighted by Crippen LogP contribution is 2.21. The van der Waals surface area contributed by atoms with E-state index in [0.717, 1.165) is 11.3 Å². The fourth-order valence-electron chi connectivity index (χ4n) is 1.53. The molecule has 14 heavy (non-hydrogen) atoms. The summed E-state index contributed by atoms with van der Waals surface area (Å²) in [5.74, 6) is 0.887. The molecular formula is C12H13NO. The van der Waals surface area contributed by atoms with Gasteiger partial charge in [0, 0.05) is 6.54 Å². The quantitative estimate of drug-likeness (QED) is 0.783. The van der Waals surface area contributed by atoms with E-state index in [4.69, 9.17) is 10.5 Å². The van der Waals surface area contributed by atoms with Crippen molar-refractivity contribution in [3.05, 3.63) is 42.0 Å². The van der Waals surface area contributed by atoms with Crippen molar-refractivity contribution in [1.29, 1.82) is 0 Å². The zero-order valence-electron chi connectivity index (χ0n) is 8.16. The fraction of sp³-hybridized carbons (Fsp3) is 0.167. The van der Waals surface area contributed by atoms with Crippen LogP contribution in [0.15, 0.2) is 36.4 Å². The highest BCUT2D eigenvalue weighted by molar-refractivity contribution is 5.84. The average molecular weight is 187 g/mol. The van der Waals surface area contributed by atoms with E-state index < -0.39 is 0 Å². The Balaban J connectivity index is 2.57. The van der Waals surface area contributed by atoms with Gasteiger partial charge in [0.05, 0.1) is 7.11 Å². The minimum Gasteiger partial charge on any atom is -0.497 e. The van der Waals surface area contributed by atoms with Gasteiger partial charge in [-0.05, 0) is 34.5 Å². The van der Waals surface area contributed by atoms with E-state index in [9.17, 15) is 0 Å². The van der Waals surface area contributed by atoms with Gasteiger partial charge in [-0.1, -0.05) is 18.2 Å². The molecule has 72 valence electrons. The Hall–Kier alpha value is -1.54. The Labute approximate surface area is 83.3 Å². The van der Waals surface area contributed by atoms with Crippen LogP contribution in [-0.2, 0) is 6.54 Å². The number of fused-ring (bicyclic) bond motifs is 1. The zero-order valence-corrected chi connectivity index (χ0v) is 8.16. The van der Waals surface area contributed by atoms with Crippen molar-refractivity contribution in [1.82, 2.24) is 0 Å². The number of hydrogen-bond donors (Lipinski definition) is 1. The van der Waals surface area contributed by atoms with Crippen LogP contribution in [0.4, 0.5) is 0 Å². The molecule has 2 nitrogen and oxygen atoms in total. The molecule has 0 amide bonds. The van der Waals surface area contributed by atoms with Crippen LogP contribution < -0.4 is 10.5 Å². The standard InChI is InChI=1S/C12H13NO/c1-14-12-5-4-10-6-9(8-13)2-3-11(10)7-12/h2-7H,8,13H2,1H3. The van der Waals surface area contributed by atoms with E-state index in [2.05, 4.69) is 12.1 Å². The van der Waals surface area contributed by atoms with Crippen LogP contribution in [-0.4, -0.2) is 7.11 Å². The second kappa shape index (κ2) is 3.68. The normalized spacial score (nSPS) is 10.4. The van der Waals surface area contributed by atoms with E-state index in [0.29, 0.717) is 6.54 Å². The van der Waals surface area contributed by atoms with Gasteiger partial charge < -0.3 is 10.5 Å². The van der Waals surface area contributed by atoms with Gasteiger partial charge in [-0.15, -0.1) is 0 Å². The Morgan fingerprint density at radius 3 is 2.50 bits per heavy atom. The summed E-state index contributed by atoms with van der Waals surface area (Å²) in [6, 6.07) is 12.3. The second-order valence-electron chi connectivity index (χ2n) is 3.25. The SMILES string of the molecule is COc1ccc2cc(CN)ccc2c1. The zero-order chi connectivity index (χ0) is 9.97. The predicted octanol–water partition coefficient (Wildman–Crippen LogP) is 2.31. The average Bonchev–Trinajstić information content (AvgIpc) is 2.27. The van der Waals surface area contributed by atoms with Gasteiger partial charge in [-0.25, -0.2) is 0 Å². The van der Waals surface area contributed by atoms with E-state index in [1.165, 1.54) is 10.8 Å². The van der Waals surface area contributed by atoms with Crippen LogP contribution in [0, 0.1) is 0 Å². The molecule has 0 atom stereocenters. The van der Waals surface area contributed by atoms with Gasteiger partial charge in [-0.2, -0.15) is 0 Å². The first-order valence-electron chi connectivity index (χ1n) is 4.60. The maximum absolute atomic E-state index is 5.57. The molecule has 2 aromatic carbocycles. The molecule has 0 spiro atoms. The van der Waals surface area contributed by atoms with E-state index in [1.807, 2.05) is 24.3 Å². The van der Waals surface area contributed by atoms with Crippen molar-refractivity contribution in [3.8, 4) is 5.75 Å². The molecule has 0 aliphatic carbocycles. The Kier molecular flexibility index (Phi) is 2.37. The van der Waals surface area contributed by atoms with Crippen molar-refractivity contribution in [2.75, 3.05) is 7.11 Å². The smallest absolute Gasteiger partial charge is 0.119 e. The Morgan fingerprint density at radius 2 is 1.79 bits per heavy atom. The summed E-state index contributed by atoms with van der Waals surface area (Å²) in [4.78, 5) is 0. The van der Waals surface area contributed by atoms with Crippen molar-refractivity contribution in [3.63, 3.8) is 0 Å². The third-order valence-corrected chi connectivity index (χ3v) is 2.35. The maximum atomic E-state index is 5.57. The van der Waals surface area contributed by atoms with Crippen molar-refractivity contribution in [2.45, 2.75) is 6.54 Å². The van der Waals surface area contributed by atoms with Crippen molar-refractivity contribution in [2.24, 2.45) is 5.73 Å². The van der Waals surface area contributed by atoms with Crippen LogP contribution in [0.3, 0.4) is 0 Å². The summed E-state index contributed by atoms with van der Waals surface area (Å²) in [5.41, 5.74) is 6.73. The van der Waals surface area contributed by atoms with E-state index in [1.54, 1.807) is 7.11 Å². The summed E-state index contributed by atoms with van der Waals surface area (Å²) in [5, 5.41) is 2.38. The molecule has 2 aromatic rings. The largest absolute Gasteiger partial charge is 0.497 e. The second-order valence-corrected chi connectivity index (χ2v) is 3.25. The van der Waals surface area contributed by atoms with Crippen LogP contribution in [0.5, 0.6) is 5.75 Å². The van der Waals surface area contributed by atoms with Gasteiger partial charge in [0.15, 0.2) is 0 Å². The molecule has 0 aliphatic rings. The molecule has 2 N–H and O–H groups in total. The van der Waals surface area contributed by atoms with Crippen molar-refractivity contribution < 1.29 is 4.74 Å². The van der Waals surface area contributed by atoms with Gasteiger partial charge in [-0.3, -0.25) is 0 Å². The molecule has 0 aliphatic heterocycles. The molecule has 0 saturated carbocycles. The monoisotopic (exact) mass is 187 g/mol. The highest BCUT2D eigenvalue weighted by Gasteiger charge is 1.97. The number of methoxy groups -OCH3 is 1. The lowest BCUT2D eigenvalue weighted by atomic mass is 10.1. The predicted molar refractivity (Wildman–Crippen MR) is 58.4 cm³/mol. The molecular weight excluding hydrogens is 174 g/mol. The van der Waals surface area contributed by atoms with E-state index >= 15 is 0 Å². The molecule has 0 saturated heterocycles. The lowest BCUT2D eigenvalue weighted by Crippen LogP contribution is -1.95. The minimum atomic E-state index is 0.585. The maximum Gasteiger partial charge on any atom is 0.119 e. The Bertz CT molecular complexity index is 408. The summed E-state index contributed by atoms with van der Waals surface area (Å²) in [7, 11) is 1.68. The van der Waals surface area contributed by atoms with Gasteiger partial charge in [0.25, 0.3) is 0 Å². The topological polar surface area (TPSA) is 35.2 Å². The Morgan fingerprint density at radius 1 is 1.07 bits per heavy atom. The van der Waals surface area contributed by atoms with E-state index in [-0.39, 0.29) is 0 Å². The summed E-state index contributed by atoms with van der Waals surface area (Å²) in [6.07, 6.45) is 0. The molecule has 2 heteroatoms. The number of ether oxygens (including phenoxy) is 1. The van der Waals surface area contributed by atoms with Crippen LogP contribution in [0.1, 0.15) is 5.56 Å². The fourth-order valence-corrected chi connectivity index (χ4v) is 1.53.